The van der Waals surface area contributed by atoms with Gasteiger partial charge in [0, 0.05) is 31.1 Å². The van der Waals surface area contributed by atoms with E-state index in [-0.39, 0.29) is 0 Å². The van der Waals surface area contributed by atoms with Crippen LogP contribution in [0.25, 0.3) is 0 Å². The Morgan fingerprint density at radius 2 is 2.00 bits per heavy atom. The van der Waals surface area contributed by atoms with Gasteiger partial charge in [-0.2, -0.15) is 11.8 Å². The molecule has 0 bridgehead atoms. The number of thioether (sulfide) groups is 1. The van der Waals surface area contributed by atoms with Crippen LogP contribution in [-0.4, -0.2) is 47.0 Å². The van der Waals surface area contributed by atoms with Gasteiger partial charge in [-0.05, 0) is 38.2 Å². The molecule has 2 aliphatic heterocycles. The average molecular weight is 242 g/mol. The van der Waals surface area contributed by atoms with E-state index in [2.05, 4.69) is 19.2 Å². The van der Waals surface area contributed by atoms with Crippen molar-refractivity contribution in [2.24, 2.45) is 0 Å². The van der Waals surface area contributed by atoms with Gasteiger partial charge in [-0.15, -0.1) is 0 Å². The van der Waals surface area contributed by atoms with Crippen LogP contribution in [-0.2, 0) is 4.79 Å². The molecule has 2 rings (SSSR count). The van der Waals surface area contributed by atoms with Crippen molar-refractivity contribution in [3.05, 3.63) is 0 Å². The van der Waals surface area contributed by atoms with Gasteiger partial charge >= 0.3 is 0 Å². The summed E-state index contributed by atoms with van der Waals surface area (Å²) in [6, 6.07) is 1.38. The van der Waals surface area contributed by atoms with Gasteiger partial charge in [-0.3, -0.25) is 4.79 Å². The molecular formula is C12H22N2OS. The molecule has 2 fully saturated rings. The van der Waals surface area contributed by atoms with Crippen molar-refractivity contribution in [1.82, 2.24) is 10.2 Å². The van der Waals surface area contributed by atoms with Crippen LogP contribution in [0.5, 0.6) is 0 Å². The second-order valence-electron chi connectivity index (χ2n) is 5.09. The zero-order chi connectivity index (χ0) is 11.5. The largest absolute Gasteiger partial charge is 0.339 e. The normalized spacial score (nSPS) is 28.1. The molecule has 2 aliphatic rings. The van der Waals surface area contributed by atoms with E-state index in [0.717, 1.165) is 6.54 Å². The van der Waals surface area contributed by atoms with Crippen LogP contribution in [0.1, 0.15) is 33.1 Å². The molecule has 1 N–H and O–H groups in total. The van der Waals surface area contributed by atoms with E-state index in [0.29, 0.717) is 30.5 Å². The topological polar surface area (TPSA) is 32.3 Å². The highest BCUT2D eigenvalue weighted by Crippen LogP contribution is 2.20. The molecule has 1 atom stereocenters. The average Bonchev–Trinajstić information content (AvgIpc) is 2.61. The van der Waals surface area contributed by atoms with Gasteiger partial charge < -0.3 is 10.2 Å². The van der Waals surface area contributed by atoms with Crippen molar-refractivity contribution < 1.29 is 4.79 Å². The maximum absolute atomic E-state index is 11.7. The van der Waals surface area contributed by atoms with Gasteiger partial charge in [0.05, 0.1) is 0 Å². The predicted octanol–water partition coefficient (Wildman–Crippen LogP) is 1.48. The molecule has 0 saturated carbocycles. The Morgan fingerprint density at radius 1 is 1.31 bits per heavy atom. The Labute approximate surface area is 102 Å². The van der Waals surface area contributed by atoms with Crippen LogP contribution in [0, 0.1) is 0 Å². The van der Waals surface area contributed by atoms with E-state index in [9.17, 15) is 4.79 Å². The highest BCUT2D eigenvalue weighted by Gasteiger charge is 2.32. The number of nitrogens with one attached hydrogen (secondary N) is 1. The predicted molar refractivity (Wildman–Crippen MR) is 68.7 cm³/mol. The standard InChI is InChI=1S/C12H22N2OS/c1-9(2)14-8-11(7-12(14)15)13-10-3-5-16-6-4-10/h9-11,13H,3-8H2,1-2H3. The summed E-state index contributed by atoms with van der Waals surface area (Å²) in [5.41, 5.74) is 0. The fourth-order valence-corrected chi connectivity index (χ4v) is 3.65. The fraction of sp³-hybridized carbons (Fsp3) is 0.917. The van der Waals surface area contributed by atoms with E-state index in [1.165, 1.54) is 24.3 Å². The molecule has 2 heterocycles. The smallest absolute Gasteiger partial charge is 0.224 e. The lowest BCUT2D eigenvalue weighted by molar-refractivity contribution is -0.129. The summed E-state index contributed by atoms with van der Waals surface area (Å²) < 4.78 is 0. The fourth-order valence-electron chi connectivity index (χ4n) is 2.54. The van der Waals surface area contributed by atoms with Crippen molar-refractivity contribution >= 4 is 17.7 Å². The van der Waals surface area contributed by atoms with Crippen molar-refractivity contribution in [3.63, 3.8) is 0 Å². The summed E-state index contributed by atoms with van der Waals surface area (Å²) in [5, 5.41) is 3.66. The third-order valence-corrected chi connectivity index (χ3v) is 4.52. The highest BCUT2D eigenvalue weighted by atomic mass is 32.2. The highest BCUT2D eigenvalue weighted by molar-refractivity contribution is 7.99. The molecule has 0 spiro atoms. The van der Waals surface area contributed by atoms with Gasteiger partial charge in [0.2, 0.25) is 5.91 Å². The third-order valence-electron chi connectivity index (χ3n) is 3.47. The number of likely N-dealkylation sites (tertiary alicyclic amines) is 1. The summed E-state index contributed by atoms with van der Waals surface area (Å²) in [4.78, 5) is 13.7. The maximum Gasteiger partial charge on any atom is 0.224 e. The van der Waals surface area contributed by atoms with E-state index < -0.39 is 0 Å². The van der Waals surface area contributed by atoms with Gasteiger partial charge in [-0.1, -0.05) is 0 Å². The van der Waals surface area contributed by atoms with Gasteiger partial charge in [0.1, 0.15) is 0 Å². The van der Waals surface area contributed by atoms with E-state index in [4.69, 9.17) is 0 Å². The lowest BCUT2D eigenvalue weighted by Crippen LogP contribution is -2.42. The number of amides is 1. The molecular weight excluding hydrogens is 220 g/mol. The summed E-state index contributed by atoms with van der Waals surface area (Å²) in [6.07, 6.45) is 3.22. The van der Waals surface area contributed by atoms with Crippen LogP contribution in [0.15, 0.2) is 0 Å². The Bertz CT molecular complexity index is 251. The Balaban J connectivity index is 1.81. The maximum atomic E-state index is 11.7. The first kappa shape index (κ1) is 12.2. The third kappa shape index (κ3) is 2.92. The second kappa shape index (κ2) is 5.41. The van der Waals surface area contributed by atoms with Gasteiger partial charge in [-0.25, -0.2) is 0 Å². The van der Waals surface area contributed by atoms with Crippen molar-refractivity contribution in [3.8, 4) is 0 Å². The zero-order valence-corrected chi connectivity index (χ0v) is 11.1. The molecule has 0 radical (unpaired) electrons. The quantitative estimate of drug-likeness (QED) is 0.813. The first-order chi connectivity index (χ1) is 7.66. The van der Waals surface area contributed by atoms with Gasteiger partial charge in [0.15, 0.2) is 0 Å². The monoisotopic (exact) mass is 242 g/mol. The van der Waals surface area contributed by atoms with Crippen LogP contribution in [0.3, 0.4) is 0 Å². The van der Waals surface area contributed by atoms with E-state index in [1.54, 1.807) is 0 Å². The summed E-state index contributed by atoms with van der Waals surface area (Å²) in [6.45, 7) is 5.09. The summed E-state index contributed by atoms with van der Waals surface area (Å²) in [5.74, 6) is 2.86. The first-order valence-electron chi connectivity index (χ1n) is 6.30. The van der Waals surface area contributed by atoms with Crippen molar-refractivity contribution in [2.45, 2.75) is 51.2 Å². The van der Waals surface area contributed by atoms with Crippen LogP contribution < -0.4 is 5.32 Å². The molecule has 16 heavy (non-hydrogen) atoms. The van der Waals surface area contributed by atoms with Gasteiger partial charge in [0.25, 0.3) is 0 Å². The number of nitrogens with zero attached hydrogens (tertiary/aromatic N) is 1. The minimum atomic E-state index is 0.317. The molecule has 2 saturated heterocycles. The lowest BCUT2D eigenvalue weighted by atomic mass is 10.1. The molecule has 0 aromatic heterocycles. The number of carbonyl (C=O) groups is 1. The zero-order valence-electron chi connectivity index (χ0n) is 10.2. The number of carbonyl (C=O) groups excluding carboxylic acids is 1. The van der Waals surface area contributed by atoms with Crippen molar-refractivity contribution in [2.75, 3.05) is 18.1 Å². The molecule has 4 heteroatoms. The van der Waals surface area contributed by atoms with E-state index in [1.807, 2.05) is 16.7 Å². The van der Waals surface area contributed by atoms with E-state index >= 15 is 0 Å². The molecule has 0 aliphatic carbocycles. The number of hydrogen-bond acceptors (Lipinski definition) is 3. The Morgan fingerprint density at radius 3 is 2.56 bits per heavy atom. The number of hydrogen-bond donors (Lipinski definition) is 1. The van der Waals surface area contributed by atoms with Crippen molar-refractivity contribution in [1.29, 1.82) is 0 Å². The Hall–Kier alpha value is -0.220. The summed E-state index contributed by atoms with van der Waals surface area (Å²) in [7, 11) is 0. The molecule has 3 nitrogen and oxygen atoms in total. The molecule has 1 unspecified atom stereocenters. The SMILES string of the molecule is CC(C)N1CC(NC2CCSCC2)CC1=O. The minimum Gasteiger partial charge on any atom is -0.339 e. The minimum absolute atomic E-state index is 0.317. The molecule has 92 valence electrons. The van der Waals surface area contributed by atoms with Crippen LogP contribution >= 0.6 is 11.8 Å². The second-order valence-corrected chi connectivity index (χ2v) is 6.32. The summed E-state index contributed by atoms with van der Waals surface area (Å²) >= 11 is 2.05. The molecule has 1 amide bonds. The number of rotatable bonds is 3. The molecule has 0 aromatic rings. The molecule has 0 aromatic carbocycles. The first-order valence-corrected chi connectivity index (χ1v) is 7.45. The Kier molecular flexibility index (Phi) is 4.14. The van der Waals surface area contributed by atoms with Crippen LogP contribution in [0.2, 0.25) is 0 Å². The lowest BCUT2D eigenvalue weighted by Gasteiger charge is -2.26. The van der Waals surface area contributed by atoms with Crippen LogP contribution in [0.4, 0.5) is 0 Å².